The van der Waals surface area contributed by atoms with E-state index in [0.29, 0.717) is 0 Å². The van der Waals surface area contributed by atoms with Crippen molar-refractivity contribution in [2.75, 3.05) is 0 Å². The molecule has 0 N–H and O–H groups in total. The van der Waals surface area contributed by atoms with Gasteiger partial charge in [0.05, 0.1) is 0 Å². The number of rotatable bonds is 0. The maximum Gasteiger partial charge on any atom is -0.0409 e. The summed E-state index contributed by atoms with van der Waals surface area (Å²) in [6.07, 6.45) is 32.8. The first-order valence-electron chi connectivity index (χ1n) is 14.3. The van der Waals surface area contributed by atoms with Gasteiger partial charge in [-0.3, -0.25) is 0 Å². The van der Waals surface area contributed by atoms with E-state index in [0.717, 1.165) is 23.7 Å². The minimum atomic E-state index is 1.16. The van der Waals surface area contributed by atoms with Gasteiger partial charge in [-0.2, -0.15) is 0 Å². The lowest BCUT2D eigenvalue weighted by Gasteiger charge is -2.21. The second-order valence-corrected chi connectivity index (χ2v) is 12.9. The van der Waals surface area contributed by atoms with Crippen molar-refractivity contribution in [2.24, 2.45) is 47.3 Å². The zero-order valence-electron chi connectivity index (χ0n) is 19.5. The van der Waals surface area contributed by atoms with Gasteiger partial charge in [0, 0.05) is 0 Å². The molecule has 9 fully saturated rings. The first-order valence-corrected chi connectivity index (χ1v) is 14.3. The van der Waals surface area contributed by atoms with Crippen LogP contribution in [0, 0.1) is 47.3 Å². The molecule has 9 rings (SSSR count). The van der Waals surface area contributed by atoms with Crippen molar-refractivity contribution in [3.8, 4) is 0 Å². The van der Waals surface area contributed by atoms with Gasteiger partial charge in [-0.25, -0.2) is 0 Å². The Morgan fingerprint density at radius 1 is 0.207 bits per heavy atom. The molecule has 0 aromatic carbocycles. The van der Waals surface area contributed by atoms with Gasteiger partial charge in [-0.05, 0) is 79.4 Å². The maximum absolute atomic E-state index is 1.58. The number of hydrogen-bond acceptors (Lipinski definition) is 0. The molecule has 0 aromatic rings. The van der Waals surface area contributed by atoms with Gasteiger partial charge in [-0.1, -0.05) is 103 Å². The van der Waals surface area contributed by atoms with Crippen molar-refractivity contribution < 1.29 is 0 Å². The SMILES string of the molecule is C1CC2CC1C2.C1CC2CCC(C1)C2.C1CC2CCC(C1)C2.C1CC2CCC1C2. The summed E-state index contributed by atoms with van der Waals surface area (Å²) < 4.78 is 0. The van der Waals surface area contributed by atoms with Crippen LogP contribution in [-0.4, -0.2) is 0 Å². The average Bonchev–Trinajstić information content (AvgIpc) is 3.57. The quantitative estimate of drug-likeness (QED) is 0.381. The minimum Gasteiger partial charge on any atom is -0.0528 e. The highest BCUT2D eigenvalue weighted by molar-refractivity contribution is 4.87. The van der Waals surface area contributed by atoms with Gasteiger partial charge in [0.25, 0.3) is 0 Å². The summed E-state index contributed by atoms with van der Waals surface area (Å²) in [5.74, 6) is 9.37. The topological polar surface area (TPSA) is 0 Å². The van der Waals surface area contributed by atoms with Gasteiger partial charge in [0.1, 0.15) is 0 Å². The molecule has 9 aliphatic carbocycles. The van der Waals surface area contributed by atoms with Crippen LogP contribution in [0.15, 0.2) is 0 Å². The van der Waals surface area contributed by atoms with Gasteiger partial charge >= 0.3 is 0 Å². The lowest BCUT2D eigenvalue weighted by molar-refractivity contribution is 0.304. The Balaban J connectivity index is 0.0000000839. The number of hydrogen-bond donors (Lipinski definition) is 0. The zero-order chi connectivity index (χ0) is 19.5. The Kier molecular flexibility index (Phi) is 7.26. The highest BCUT2D eigenvalue weighted by Crippen LogP contribution is 2.48. The second kappa shape index (κ2) is 10.1. The van der Waals surface area contributed by atoms with E-state index in [1.54, 1.807) is 122 Å². The van der Waals surface area contributed by atoms with E-state index >= 15 is 0 Å². The van der Waals surface area contributed by atoms with Gasteiger partial charge in [0.15, 0.2) is 0 Å². The van der Waals surface area contributed by atoms with Crippen molar-refractivity contribution in [2.45, 2.75) is 135 Å². The molecule has 29 heavy (non-hydrogen) atoms. The third kappa shape index (κ3) is 5.83. The Labute approximate surface area is 182 Å². The largest absolute Gasteiger partial charge is 0.0528 e. The fraction of sp³-hybridized carbons (Fsp3) is 1.00. The Morgan fingerprint density at radius 2 is 0.414 bits per heavy atom. The monoisotopic (exact) mass is 398 g/mol. The van der Waals surface area contributed by atoms with Crippen molar-refractivity contribution in [3.63, 3.8) is 0 Å². The molecule has 0 amide bonds. The van der Waals surface area contributed by atoms with E-state index < -0.39 is 0 Å². The molecule has 0 aromatic heterocycles. The van der Waals surface area contributed by atoms with Crippen LogP contribution in [0.4, 0.5) is 0 Å². The molecule has 9 aliphatic rings. The van der Waals surface area contributed by atoms with Crippen LogP contribution in [0.2, 0.25) is 0 Å². The fourth-order valence-electron chi connectivity index (χ4n) is 8.79. The number of fused-ring (bicyclic) bond motifs is 7. The molecule has 0 radical (unpaired) electrons. The fourth-order valence-corrected chi connectivity index (χ4v) is 8.79. The van der Waals surface area contributed by atoms with E-state index in [1.807, 2.05) is 0 Å². The molecule has 0 saturated heterocycles. The van der Waals surface area contributed by atoms with Crippen molar-refractivity contribution in [1.82, 2.24) is 0 Å². The summed E-state index contributed by atoms with van der Waals surface area (Å²) in [4.78, 5) is 0. The zero-order valence-corrected chi connectivity index (χ0v) is 19.5. The summed E-state index contributed by atoms with van der Waals surface area (Å²) >= 11 is 0. The molecular formula is C29H50. The van der Waals surface area contributed by atoms with Crippen LogP contribution in [0.25, 0.3) is 0 Å². The Hall–Kier alpha value is 0. The van der Waals surface area contributed by atoms with Crippen LogP contribution in [0.3, 0.4) is 0 Å². The van der Waals surface area contributed by atoms with Crippen molar-refractivity contribution in [3.05, 3.63) is 0 Å². The van der Waals surface area contributed by atoms with Crippen molar-refractivity contribution in [1.29, 1.82) is 0 Å². The predicted octanol–water partition coefficient (Wildman–Crippen LogP) is 9.18. The van der Waals surface area contributed by atoms with Crippen molar-refractivity contribution >= 4 is 0 Å². The summed E-state index contributed by atoms with van der Waals surface area (Å²) in [6, 6.07) is 0. The molecule has 0 spiro atoms. The first kappa shape index (κ1) is 20.9. The molecule has 0 heterocycles. The smallest absolute Gasteiger partial charge is 0.0409 e. The second-order valence-electron chi connectivity index (χ2n) is 12.9. The minimum absolute atomic E-state index is 1.16. The molecular weight excluding hydrogens is 348 g/mol. The van der Waals surface area contributed by atoms with E-state index in [9.17, 15) is 0 Å². The Morgan fingerprint density at radius 3 is 0.586 bits per heavy atom. The lowest BCUT2D eigenvalue weighted by atomic mass is 9.85. The van der Waals surface area contributed by atoms with Gasteiger partial charge in [-0.15, -0.1) is 0 Å². The third-order valence-electron chi connectivity index (χ3n) is 10.7. The highest BCUT2D eigenvalue weighted by atomic mass is 14.4. The van der Waals surface area contributed by atoms with E-state index in [4.69, 9.17) is 0 Å². The Bertz CT molecular complexity index is 405. The molecule has 0 nitrogen and oxygen atoms in total. The van der Waals surface area contributed by atoms with Crippen LogP contribution < -0.4 is 0 Å². The van der Waals surface area contributed by atoms with E-state index in [-0.39, 0.29) is 0 Å². The molecule has 8 bridgehead atoms. The molecule has 166 valence electrons. The lowest BCUT2D eigenvalue weighted by Crippen LogP contribution is -2.09. The standard InChI is InChI=1S/2C8H14.C7H12.C6H10/c2*1-2-7-4-5-8(3-1)6-7;1-2-7-4-3-6(1)5-7;1-2-6-3-5(1)4-6/h2*7-8H,1-6H2;6-7H,1-5H2;5-6H,1-4H2. The molecule has 4 unspecified atom stereocenters. The van der Waals surface area contributed by atoms with E-state index in [1.165, 1.54) is 36.5 Å². The van der Waals surface area contributed by atoms with Crippen LogP contribution in [-0.2, 0) is 0 Å². The third-order valence-corrected chi connectivity index (χ3v) is 10.7. The molecule has 4 atom stereocenters. The predicted molar refractivity (Wildman–Crippen MR) is 125 cm³/mol. The summed E-state index contributed by atoms with van der Waals surface area (Å²) in [6.45, 7) is 0. The summed E-state index contributed by atoms with van der Waals surface area (Å²) in [5.41, 5.74) is 0. The van der Waals surface area contributed by atoms with Crippen LogP contribution in [0.5, 0.6) is 0 Å². The normalized spacial score (nSPS) is 47.2. The molecule has 9 saturated carbocycles. The van der Waals surface area contributed by atoms with Crippen LogP contribution >= 0.6 is 0 Å². The maximum atomic E-state index is 1.58. The van der Waals surface area contributed by atoms with E-state index in [2.05, 4.69) is 0 Å². The average molecular weight is 399 g/mol. The molecule has 0 aliphatic heterocycles. The highest BCUT2D eigenvalue weighted by Gasteiger charge is 2.35. The summed E-state index contributed by atoms with van der Waals surface area (Å²) in [7, 11) is 0. The van der Waals surface area contributed by atoms with Gasteiger partial charge < -0.3 is 0 Å². The van der Waals surface area contributed by atoms with Gasteiger partial charge in [0.2, 0.25) is 0 Å². The van der Waals surface area contributed by atoms with Crippen LogP contribution in [0.1, 0.15) is 135 Å². The summed E-state index contributed by atoms with van der Waals surface area (Å²) in [5, 5.41) is 0. The molecule has 0 heteroatoms. The first-order chi connectivity index (χ1) is 14.3.